The topological polar surface area (TPSA) is 15.3 Å². The molecule has 1 heterocycles. The van der Waals surface area contributed by atoms with Gasteiger partial charge in [-0.1, -0.05) is 6.92 Å². The van der Waals surface area contributed by atoms with Crippen molar-refractivity contribution in [3.63, 3.8) is 0 Å². The fourth-order valence-corrected chi connectivity index (χ4v) is 3.07. The molecule has 2 unspecified atom stereocenters. The van der Waals surface area contributed by atoms with Crippen LogP contribution in [0.1, 0.15) is 46.5 Å². The zero-order valence-electron chi connectivity index (χ0n) is 11.6. The van der Waals surface area contributed by atoms with Crippen LogP contribution in [-0.2, 0) is 0 Å². The highest BCUT2D eigenvalue weighted by Gasteiger charge is 2.45. The van der Waals surface area contributed by atoms with Crippen molar-refractivity contribution < 1.29 is 0 Å². The quantitative estimate of drug-likeness (QED) is 0.751. The molecule has 0 aromatic carbocycles. The molecule has 1 saturated carbocycles. The number of nitrogens with one attached hydrogen (secondary N) is 1. The van der Waals surface area contributed by atoms with Crippen molar-refractivity contribution in [1.82, 2.24) is 10.2 Å². The summed E-state index contributed by atoms with van der Waals surface area (Å²) in [5.74, 6) is 7.12. The van der Waals surface area contributed by atoms with E-state index < -0.39 is 0 Å². The molecule has 2 heteroatoms. The Kier molecular flexibility index (Phi) is 4.12. The monoisotopic (exact) mass is 234 g/mol. The number of hydrogen-bond donors (Lipinski definition) is 1. The summed E-state index contributed by atoms with van der Waals surface area (Å²) >= 11 is 0. The first-order valence-corrected chi connectivity index (χ1v) is 7.08. The molecule has 2 rings (SSSR count). The first-order valence-electron chi connectivity index (χ1n) is 7.08. The average Bonchev–Trinajstić information content (AvgIpc) is 3.14. The van der Waals surface area contributed by atoms with Crippen molar-refractivity contribution in [1.29, 1.82) is 0 Å². The third-order valence-electron chi connectivity index (χ3n) is 4.44. The Hall–Kier alpha value is -0.520. The molecule has 0 aromatic heterocycles. The van der Waals surface area contributed by atoms with Crippen LogP contribution in [0, 0.1) is 17.8 Å². The molecule has 1 aliphatic carbocycles. The van der Waals surface area contributed by atoms with E-state index in [1.807, 2.05) is 6.92 Å². The van der Waals surface area contributed by atoms with E-state index in [4.69, 9.17) is 0 Å². The predicted octanol–water partition coefficient (Wildman–Crippen LogP) is 2.25. The summed E-state index contributed by atoms with van der Waals surface area (Å²) in [4.78, 5) is 2.67. The van der Waals surface area contributed by atoms with Crippen LogP contribution in [-0.4, -0.2) is 36.1 Å². The lowest BCUT2D eigenvalue weighted by atomic mass is 9.90. The van der Waals surface area contributed by atoms with Gasteiger partial charge >= 0.3 is 0 Å². The minimum Gasteiger partial charge on any atom is -0.308 e. The Balaban J connectivity index is 1.94. The fourth-order valence-electron chi connectivity index (χ4n) is 3.07. The van der Waals surface area contributed by atoms with E-state index in [1.165, 1.54) is 25.8 Å². The second-order valence-electron chi connectivity index (χ2n) is 5.78. The van der Waals surface area contributed by atoms with Crippen LogP contribution in [0.2, 0.25) is 0 Å². The Morgan fingerprint density at radius 3 is 2.76 bits per heavy atom. The van der Waals surface area contributed by atoms with Gasteiger partial charge < -0.3 is 5.32 Å². The van der Waals surface area contributed by atoms with Crippen molar-refractivity contribution in [2.24, 2.45) is 5.92 Å². The maximum atomic E-state index is 3.80. The molecule has 2 fully saturated rings. The molecule has 0 aromatic rings. The lowest BCUT2D eigenvalue weighted by Crippen LogP contribution is -2.63. The van der Waals surface area contributed by atoms with Gasteiger partial charge in [-0.3, -0.25) is 4.90 Å². The Morgan fingerprint density at radius 2 is 2.18 bits per heavy atom. The van der Waals surface area contributed by atoms with E-state index in [1.54, 1.807) is 0 Å². The van der Waals surface area contributed by atoms with Crippen molar-refractivity contribution in [3.8, 4) is 11.8 Å². The van der Waals surface area contributed by atoms with Gasteiger partial charge in [0.1, 0.15) is 0 Å². The van der Waals surface area contributed by atoms with Crippen LogP contribution < -0.4 is 5.32 Å². The van der Waals surface area contributed by atoms with Gasteiger partial charge in [-0.25, -0.2) is 0 Å². The average molecular weight is 234 g/mol. The highest BCUT2D eigenvalue weighted by Crippen LogP contribution is 2.41. The predicted molar refractivity (Wildman–Crippen MR) is 72.9 cm³/mol. The molecule has 1 N–H and O–H groups in total. The molecule has 0 bridgehead atoms. The van der Waals surface area contributed by atoms with Crippen molar-refractivity contribution in [2.75, 3.05) is 19.6 Å². The first kappa shape index (κ1) is 12.9. The minimum atomic E-state index is 0.366. The summed E-state index contributed by atoms with van der Waals surface area (Å²) < 4.78 is 0. The standard InChI is InChI=1S/C15H26N2/c1-4-6-7-10-17-12-15(3,13-8-9-13)16-11-14(17)5-2/h13-14,16H,5,7-12H2,1-3H3. The van der Waals surface area contributed by atoms with E-state index in [0.29, 0.717) is 11.6 Å². The molecule has 1 saturated heterocycles. The summed E-state index contributed by atoms with van der Waals surface area (Å²) in [5.41, 5.74) is 0.366. The van der Waals surface area contributed by atoms with E-state index in [9.17, 15) is 0 Å². The number of piperazine rings is 1. The highest BCUT2D eigenvalue weighted by molar-refractivity contribution is 5.04. The lowest BCUT2D eigenvalue weighted by Gasteiger charge is -2.46. The summed E-state index contributed by atoms with van der Waals surface area (Å²) in [5, 5.41) is 3.80. The molecule has 1 aliphatic heterocycles. The zero-order chi connectivity index (χ0) is 12.3. The summed E-state index contributed by atoms with van der Waals surface area (Å²) in [6, 6.07) is 0.709. The lowest BCUT2D eigenvalue weighted by molar-refractivity contribution is 0.0750. The van der Waals surface area contributed by atoms with E-state index in [0.717, 1.165) is 25.4 Å². The number of nitrogens with zero attached hydrogens (tertiary/aromatic N) is 1. The molecule has 2 aliphatic rings. The van der Waals surface area contributed by atoms with Gasteiger partial charge in [-0.2, -0.15) is 0 Å². The molecule has 2 nitrogen and oxygen atoms in total. The van der Waals surface area contributed by atoms with E-state index in [2.05, 4.69) is 35.9 Å². The van der Waals surface area contributed by atoms with Gasteiger partial charge in [0.15, 0.2) is 0 Å². The molecule has 96 valence electrons. The fraction of sp³-hybridized carbons (Fsp3) is 0.867. The van der Waals surface area contributed by atoms with Crippen LogP contribution in [0.3, 0.4) is 0 Å². The SMILES string of the molecule is CC#CCCN1CC(C)(C2CC2)NCC1CC. The molecule has 0 spiro atoms. The van der Waals surface area contributed by atoms with Crippen LogP contribution in [0.4, 0.5) is 0 Å². The number of rotatable bonds is 4. The third kappa shape index (κ3) is 3.03. The molecule has 17 heavy (non-hydrogen) atoms. The summed E-state index contributed by atoms with van der Waals surface area (Å²) in [6.45, 7) is 10.1. The van der Waals surface area contributed by atoms with E-state index in [-0.39, 0.29) is 0 Å². The molecular weight excluding hydrogens is 208 g/mol. The first-order chi connectivity index (χ1) is 8.19. The van der Waals surface area contributed by atoms with Crippen molar-refractivity contribution >= 4 is 0 Å². The molecule has 0 radical (unpaired) electrons. The third-order valence-corrected chi connectivity index (χ3v) is 4.44. The van der Waals surface area contributed by atoms with Crippen molar-refractivity contribution in [3.05, 3.63) is 0 Å². The van der Waals surface area contributed by atoms with Crippen LogP contribution >= 0.6 is 0 Å². The zero-order valence-corrected chi connectivity index (χ0v) is 11.6. The normalized spacial score (nSPS) is 34.2. The minimum absolute atomic E-state index is 0.366. The van der Waals surface area contributed by atoms with Crippen molar-refractivity contribution in [2.45, 2.75) is 58.0 Å². The Bertz CT molecular complexity index is 311. The van der Waals surface area contributed by atoms with Crippen LogP contribution in [0.5, 0.6) is 0 Å². The second kappa shape index (κ2) is 5.42. The smallest absolute Gasteiger partial charge is 0.0309 e. The van der Waals surface area contributed by atoms with Gasteiger partial charge in [0.2, 0.25) is 0 Å². The Labute approximate surface area is 106 Å². The summed E-state index contributed by atoms with van der Waals surface area (Å²) in [7, 11) is 0. The van der Waals surface area contributed by atoms with E-state index >= 15 is 0 Å². The highest BCUT2D eigenvalue weighted by atomic mass is 15.3. The van der Waals surface area contributed by atoms with Gasteiger partial charge in [0.25, 0.3) is 0 Å². The molecule has 2 atom stereocenters. The molecular formula is C15H26N2. The second-order valence-corrected chi connectivity index (χ2v) is 5.78. The van der Waals surface area contributed by atoms with Gasteiger partial charge in [0.05, 0.1) is 0 Å². The largest absolute Gasteiger partial charge is 0.308 e. The maximum absolute atomic E-state index is 3.80. The summed E-state index contributed by atoms with van der Waals surface area (Å²) in [6.07, 6.45) is 5.10. The Morgan fingerprint density at radius 1 is 1.41 bits per heavy atom. The molecule has 0 amide bonds. The van der Waals surface area contributed by atoms with Crippen LogP contribution in [0.15, 0.2) is 0 Å². The van der Waals surface area contributed by atoms with Crippen LogP contribution in [0.25, 0.3) is 0 Å². The van der Waals surface area contributed by atoms with Gasteiger partial charge in [-0.05, 0) is 39.0 Å². The van der Waals surface area contributed by atoms with Gasteiger partial charge in [0, 0.05) is 37.6 Å². The number of hydrogen-bond acceptors (Lipinski definition) is 2. The van der Waals surface area contributed by atoms with Gasteiger partial charge in [-0.15, -0.1) is 11.8 Å². The maximum Gasteiger partial charge on any atom is 0.0309 e.